The Morgan fingerprint density at radius 2 is 2.31 bits per heavy atom. The van der Waals surface area contributed by atoms with Crippen LogP contribution >= 0.6 is 24.0 Å². The molecule has 68 valence electrons. The van der Waals surface area contributed by atoms with Crippen LogP contribution in [0.1, 0.15) is 0 Å². The van der Waals surface area contributed by atoms with Gasteiger partial charge in [0.25, 0.3) is 0 Å². The van der Waals surface area contributed by atoms with Crippen LogP contribution in [0.2, 0.25) is 0 Å². The van der Waals surface area contributed by atoms with Gasteiger partial charge in [-0.15, -0.1) is 0 Å². The van der Waals surface area contributed by atoms with Gasteiger partial charge in [0.15, 0.2) is 5.16 Å². The molecule has 0 aliphatic rings. The highest BCUT2D eigenvalue weighted by Gasteiger charge is 2.02. The number of hydrogen-bond acceptors (Lipinski definition) is 5. The molecule has 2 aromatic rings. The molecular formula is C7H7N3OS2. The van der Waals surface area contributed by atoms with E-state index in [0.29, 0.717) is 17.2 Å². The number of nitrogens with zero attached hydrogens (tertiary/aromatic N) is 1. The lowest BCUT2D eigenvalue weighted by Gasteiger charge is -1.92. The lowest BCUT2D eigenvalue weighted by atomic mass is 10.3. The Morgan fingerprint density at radius 1 is 1.46 bits per heavy atom. The molecule has 1 heterocycles. The van der Waals surface area contributed by atoms with Gasteiger partial charge in [0, 0.05) is 4.90 Å². The van der Waals surface area contributed by atoms with Gasteiger partial charge in [-0.3, -0.25) is 5.14 Å². The Hall–Kier alpha value is -0.690. The number of imidazole rings is 1. The summed E-state index contributed by atoms with van der Waals surface area (Å²) in [7, 11) is 0. The van der Waals surface area contributed by atoms with Crippen LogP contribution in [-0.2, 0) is 0 Å². The summed E-state index contributed by atoms with van der Waals surface area (Å²) in [6.07, 6.45) is 0. The van der Waals surface area contributed by atoms with Gasteiger partial charge >= 0.3 is 0 Å². The standard InChI is InChI=1S/C7H7N3OS2/c8-12-4-1-2-5-6(3-4)10-7(9-5)13-11/h1-3,11H,8H2,(H,9,10). The second-order valence-electron chi connectivity index (χ2n) is 2.43. The van der Waals surface area contributed by atoms with Crippen molar-refractivity contribution in [2.75, 3.05) is 0 Å². The Labute approximate surface area is 83.3 Å². The average Bonchev–Trinajstić information content (AvgIpc) is 2.58. The van der Waals surface area contributed by atoms with Crippen molar-refractivity contribution in [3.05, 3.63) is 18.2 Å². The fraction of sp³-hybridized carbons (Fsp3) is 0. The van der Waals surface area contributed by atoms with Crippen molar-refractivity contribution in [3.8, 4) is 0 Å². The minimum absolute atomic E-state index is 0.495. The van der Waals surface area contributed by atoms with Crippen LogP contribution in [-0.4, -0.2) is 14.5 Å². The molecule has 0 fully saturated rings. The number of rotatable bonds is 2. The van der Waals surface area contributed by atoms with Crippen LogP contribution in [0.25, 0.3) is 11.0 Å². The molecule has 0 aliphatic carbocycles. The topological polar surface area (TPSA) is 74.9 Å². The van der Waals surface area contributed by atoms with E-state index in [4.69, 9.17) is 9.69 Å². The predicted octanol–water partition coefficient (Wildman–Crippen LogP) is 2.09. The molecule has 0 unspecified atom stereocenters. The number of nitrogens with one attached hydrogen (secondary N) is 1. The molecular weight excluding hydrogens is 206 g/mol. The van der Waals surface area contributed by atoms with Crippen molar-refractivity contribution in [2.45, 2.75) is 10.1 Å². The molecule has 0 radical (unpaired) electrons. The lowest BCUT2D eigenvalue weighted by molar-refractivity contribution is 0.657. The molecule has 1 aromatic carbocycles. The largest absolute Gasteiger partial charge is 0.331 e. The normalized spacial score (nSPS) is 10.9. The number of nitrogens with two attached hydrogens (primary N) is 1. The van der Waals surface area contributed by atoms with E-state index in [1.807, 2.05) is 18.2 Å². The smallest absolute Gasteiger partial charge is 0.193 e. The summed E-state index contributed by atoms with van der Waals surface area (Å²) in [5.74, 6) is 0. The SMILES string of the molecule is NSc1ccc2nc(SO)[nH]c2c1. The Bertz CT molecular complexity index is 427. The highest BCUT2D eigenvalue weighted by Crippen LogP contribution is 2.21. The maximum Gasteiger partial charge on any atom is 0.193 e. The summed E-state index contributed by atoms with van der Waals surface area (Å²) in [5, 5.41) is 5.90. The molecule has 0 spiro atoms. The summed E-state index contributed by atoms with van der Waals surface area (Å²) in [4.78, 5) is 8.03. The molecule has 0 saturated heterocycles. The monoisotopic (exact) mass is 213 g/mol. The van der Waals surface area contributed by atoms with E-state index < -0.39 is 0 Å². The first-order valence-corrected chi connectivity index (χ1v) is 5.16. The number of aromatic amines is 1. The maximum atomic E-state index is 8.76. The molecule has 0 amide bonds. The van der Waals surface area contributed by atoms with Gasteiger partial charge in [0.05, 0.1) is 23.1 Å². The summed E-state index contributed by atoms with van der Waals surface area (Å²) in [6.45, 7) is 0. The molecule has 6 heteroatoms. The lowest BCUT2D eigenvalue weighted by Crippen LogP contribution is -1.78. The third-order valence-corrected chi connectivity index (χ3v) is 2.55. The van der Waals surface area contributed by atoms with Crippen LogP contribution in [0, 0.1) is 0 Å². The zero-order valence-electron chi connectivity index (χ0n) is 6.52. The third-order valence-electron chi connectivity index (χ3n) is 1.65. The molecule has 0 aliphatic heterocycles. The number of aromatic nitrogens is 2. The van der Waals surface area contributed by atoms with Crippen LogP contribution in [0.4, 0.5) is 0 Å². The van der Waals surface area contributed by atoms with Crippen molar-refractivity contribution < 1.29 is 4.55 Å². The van der Waals surface area contributed by atoms with Crippen molar-refractivity contribution >= 4 is 35.0 Å². The fourth-order valence-corrected chi connectivity index (χ4v) is 1.71. The molecule has 0 bridgehead atoms. The highest BCUT2D eigenvalue weighted by molar-refractivity contribution is 7.97. The van der Waals surface area contributed by atoms with Gasteiger partial charge in [-0.25, -0.2) is 4.98 Å². The van der Waals surface area contributed by atoms with E-state index in [2.05, 4.69) is 9.97 Å². The van der Waals surface area contributed by atoms with Gasteiger partial charge in [0.2, 0.25) is 0 Å². The van der Waals surface area contributed by atoms with Gasteiger partial charge in [0.1, 0.15) is 0 Å². The van der Waals surface area contributed by atoms with E-state index in [1.165, 1.54) is 11.9 Å². The molecule has 0 atom stereocenters. The molecule has 1 aromatic heterocycles. The van der Waals surface area contributed by atoms with E-state index in [9.17, 15) is 0 Å². The summed E-state index contributed by atoms with van der Waals surface area (Å²) >= 11 is 1.79. The van der Waals surface area contributed by atoms with Crippen LogP contribution in [0.5, 0.6) is 0 Å². The number of hydrogen-bond donors (Lipinski definition) is 3. The Balaban J connectivity index is 2.57. The van der Waals surface area contributed by atoms with Crippen molar-refractivity contribution in [2.24, 2.45) is 5.14 Å². The van der Waals surface area contributed by atoms with Crippen molar-refractivity contribution in [3.63, 3.8) is 0 Å². The zero-order valence-corrected chi connectivity index (χ0v) is 8.15. The second kappa shape index (κ2) is 3.59. The van der Waals surface area contributed by atoms with Crippen LogP contribution in [0.15, 0.2) is 28.3 Å². The highest BCUT2D eigenvalue weighted by atomic mass is 32.2. The third kappa shape index (κ3) is 1.66. The first kappa shape index (κ1) is 8.89. The number of H-pyrrole nitrogens is 1. The van der Waals surface area contributed by atoms with Gasteiger partial charge in [-0.1, -0.05) is 0 Å². The molecule has 2 rings (SSSR count). The Morgan fingerprint density at radius 3 is 3.00 bits per heavy atom. The maximum absolute atomic E-state index is 8.76. The summed E-state index contributed by atoms with van der Waals surface area (Å²) in [5.41, 5.74) is 1.71. The zero-order chi connectivity index (χ0) is 9.26. The van der Waals surface area contributed by atoms with Gasteiger partial charge < -0.3 is 9.54 Å². The molecule has 4 N–H and O–H groups in total. The fourth-order valence-electron chi connectivity index (χ4n) is 1.08. The first-order valence-electron chi connectivity index (χ1n) is 3.51. The minimum Gasteiger partial charge on any atom is -0.331 e. The minimum atomic E-state index is 0.495. The van der Waals surface area contributed by atoms with Crippen molar-refractivity contribution in [1.29, 1.82) is 0 Å². The number of benzene rings is 1. The van der Waals surface area contributed by atoms with Crippen molar-refractivity contribution in [1.82, 2.24) is 9.97 Å². The van der Waals surface area contributed by atoms with Gasteiger partial charge in [-0.05, 0) is 30.1 Å². The predicted molar refractivity (Wildman–Crippen MR) is 54.6 cm³/mol. The molecule has 0 saturated carbocycles. The summed E-state index contributed by atoms with van der Waals surface area (Å²) in [6, 6.07) is 5.65. The molecule has 13 heavy (non-hydrogen) atoms. The number of fused-ring (bicyclic) bond motifs is 1. The van der Waals surface area contributed by atoms with E-state index in [-0.39, 0.29) is 0 Å². The van der Waals surface area contributed by atoms with Crippen LogP contribution in [0.3, 0.4) is 0 Å². The van der Waals surface area contributed by atoms with E-state index in [0.717, 1.165) is 15.9 Å². The van der Waals surface area contributed by atoms with Gasteiger partial charge in [-0.2, -0.15) is 0 Å². The van der Waals surface area contributed by atoms with Crippen LogP contribution < -0.4 is 5.14 Å². The average molecular weight is 213 g/mol. The molecule has 4 nitrogen and oxygen atoms in total. The van der Waals surface area contributed by atoms with E-state index in [1.54, 1.807) is 0 Å². The van der Waals surface area contributed by atoms with E-state index >= 15 is 0 Å². The first-order chi connectivity index (χ1) is 6.33. The quantitative estimate of drug-likeness (QED) is 0.526. The summed E-state index contributed by atoms with van der Waals surface area (Å²) < 4.78 is 8.76. The Kier molecular flexibility index (Phi) is 2.45. The second-order valence-corrected chi connectivity index (χ2v) is 3.71.